The van der Waals surface area contributed by atoms with Gasteiger partial charge < -0.3 is 0 Å². The Hall–Kier alpha value is 0. The third-order valence-corrected chi connectivity index (χ3v) is 2.04. The maximum atomic E-state index is 2.28. The lowest BCUT2D eigenvalue weighted by Crippen LogP contribution is -2.08. The van der Waals surface area contributed by atoms with Gasteiger partial charge in [-0.05, 0) is 35.5 Å². The summed E-state index contributed by atoms with van der Waals surface area (Å²) in [4.78, 5) is 0. The smallest absolute Gasteiger partial charge is 0.0380 e. The fourth-order valence-electron chi connectivity index (χ4n) is 2.45. The maximum Gasteiger partial charge on any atom is -0.0380 e. The summed E-state index contributed by atoms with van der Waals surface area (Å²) in [6.45, 7) is 22.8. The quantitative estimate of drug-likeness (QED) is 0.501. The molecule has 0 N–H and O–H groups in total. The van der Waals surface area contributed by atoms with Crippen LogP contribution in [0.1, 0.15) is 89.5 Å². The van der Waals surface area contributed by atoms with Gasteiger partial charge in [-0.3, -0.25) is 0 Å². The van der Waals surface area contributed by atoms with Crippen LogP contribution in [0.15, 0.2) is 0 Å². The first-order chi connectivity index (χ1) is 6.83. The summed E-state index contributed by atoms with van der Waals surface area (Å²) < 4.78 is 0. The second-order valence-electron chi connectivity index (χ2n) is 8.32. The molecule has 0 nitrogen and oxygen atoms in total. The third kappa shape index (κ3) is 31.4. The van der Waals surface area contributed by atoms with Crippen molar-refractivity contribution in [1.29, 1.82) is 0 Å². The highest BCUT2D eigenvalue weighted by atomic mass is 14.2. The van der Waals surface area contributed by atoms with Gasteiger partial charge in [-0.1, -0.05) is 76.7 Å². The standard InChI is InChI=1S/2C8H18.CH4/c2*1-7(2)6-8(3,4)5;/h2*7H,6H2,1-5H3;1H4. The molecule has 0 aromatic carbocycles. The molecule has 0 heterocycles. The molecule has 0 aromatic rings. The zero-order chi connectivity index (χ0) is 13.6. The predicted molar refractivity (Wildman–Crippen MR) is 84.6 cm³/mol. The van der Waals surface area contributed by atoms with E-state index in [0.717, 1.165) is 11.8 Å². The monoisotopic (exact) mass is 244 g/mol. The molecule has 0 unspecified atom stereocenters. The summed E-state index contributed by atoms with van der Waals surface area (Å²) in [5.74, 6) is 1.69. The highest BCUT2D eigenvalue weighted by Crippen LogP contribution is 2.23. The van der Waals surface area contributed by atoms with Crippen molar-refractivity contribution < 1.29 is 0 Å². The maximum absolute atomic E-state index is 2.28. The van der Waals surface area contributed by atoms with E-state index in [1.807, 2.05) is 0 Å². The molecule has 108 valence electrons. The molecule has 0 amide bonds. The Morgan fingerprint density at radius 3 is 0.765 bits per heavy atom. The SMILES string of the molecule is C.CC(C)CC(C)(C)C.CC(C)CC(C)(C)C. The van der Waals surface area contributed by atoms with E-state index < -0.39 is 0 Å². The van der Waals surface area contributed by atoms with Crippen molar-refractivity contribution in [3.8, 4) is 0 Å². The van der Waals surface area contributed by atoms with Gasteiger partial charge in [0.25, 0.3) is 0 Å². The fraction of sp³-hybridized carbons (Fsp3) is 1.00. The third-order valence-electron chi connectivity index (χ3n) is 2.04. The lowest BCUT2D eigenvalue weighted by atomic mass is 9.86. The van der Waals surface area contributed by atoms with Gasteiger partial charge in [-0.15, -0.1) is 0 Å². The van der Waals surface area contributed by atoms with Crippen molar-refractivity contribution >= 4 is 0 Å². The topological polar surface area (TPSA) is 0 Å². The Balaban J connectivity index is -0.000000218. The summed E-state index contributed by atoms with van der Waals surface area (Å²) in [6.07, 6.45) is 2.65. The van der Waals surface area contributed by atoms with Crippen LogP contribution in [0.25, 0.3) is 0 Å². The van der Waals surface area contributed by atoms with E-state index in [-0.39, 0.29) is 7.43 Å². The van der Waals surface area contributed by atoms with Crippen LogP contribution < -0.4 is 0 Å². The van der Waals surface area contributed by atoms with Crippen LogP contribution in [0.2, 0.25) is 0 Å². The molecule has 0 heteroatoms. The molecule has 0 bridgehead atoms. The molecular formula is C17H40. The summed E-state index contributed by atoms with van der Waals surface area (Å²) in [7, 11) is 0. The van der Waals surface area contributed by atoms with E-state index in [1.165, 1.54) is 12.8 Å². The molecule has 0 saturated heterocycles. The molecule has 0 radical (unpaired) electrons. The first-order valence-electron chi connectivity index (χ1n) is 6.83. The van der Waals surface area contributed by atoms with Crippen molar-refractivity contribution in [2.45, 2.75) is 89.5 Å². The average molecular weight is 245 g/mol. The molecule has 0 aliphatic heterocycles. The molecular weight excluding hydrogens is 204 g/mol. The zero-order valence-electron chi connectivity index (χ0n) is 13.6. The first-order valence-corrected chi connectivity index (χ1v) is 6.83. The summed E-state index contributed by atoms with van der Waals surface area (Å²) in [5.41, 5.74) is 1.04. The van der Waals surface area contributed by atoms with Crippen LogP contribution in [0, 0.1) is 22.7 Å². The molecule has 0 aliphatic rings. The summed E-state index contributed by atoms with van der Waals surface area (Å²) in [5, 5.41) is 0. The van der Waals surface area contributed by atoms with Gasteiger partial charge in [-0.25, -0.2) is 0 Å². The Morgan fingerprint density at radius 2 is 0.765 bits per heavy atom. The van der Waals surface area contributed by atoms with Gasteiger partial charge in [0.15, 0.2) is 0 Å². The number of hydrogen-bond acceptors (Lipinski definition) is 0. The van der Waals surface area contributed by atoms with Gasteiger partial charge in [0.2, 0.25) is 0 Å². The fourth-order valence-corrected chi connectivity index (χ4v) is 2.45. The van der Waals surface area contributed by atoms with E-state index in [1.54, 1.807) is 0 Å². The van der Waals surface area contributed by atoms with Crippen LogP contribution in [0.3, 0.4) is 0 Å². The van der Waals surface area contributed by atoms with E-state index in [2.05, 4.69) is 69.2 Å². The van der Waals surface area contributed by atoms with Crippen LogP contribution in [-0.4, -0.2) is 0 Å². The molecule has 0 fully saturated rings. The minimum absolute atomic E-state index is 0. The minimum atomic E-state index is 0. The largest absolute Gasteiger partial charge is 0.0776 e. The molecule has 0 rings (SSSR count). The normalized spacial score (nSPS) is 12.0. The Morgan fingerprint density at radius 1 is 0.588 bits per heavy atom. The molecule has 0 atom stereocenters. The van der Waals surface area contributed by atoms with Gasteiger partial charge >= 0.3 is 0 Å². The van der Waals surface area contributed by atoms with Crippen molar-refractivity contribution in [2.24, 2.45) is 22.7 Å². The minimum Gasteiger partial charge on any atom is -0.0776 e. The highest BCUT2D eigenvalue weighted by molar-refractivity contribution is 4.63. The van der Waals surface area contributed by atoms with E-state index >= 15 is 0 Å². The van der Waals surface area contributed by atoms with Crippen molar-refractivity contribution in [2.75, 3.05) is 0 Å². The molecule has 0 aromatic heterocycles. The lowest BCUT2D eigenvalue weighted by molar-refractivity contribution is 0.320. The zero-order valence-corrected chi connectivity index (χ0v) is 13.6. The Labute approximate surface area is 113 Å². The highest BCUT2D eigenvalue weighted by Gasteiger charge is 2.11. The Bertz CT molecular complexity index is 130. The molecule has 17 heavy (non-hydrogen) atoms. The van der Waals surface area contributed by atoms with Gasteiger partial charge in [0, 0.05) is 0 Å². The summed E-state index contributed by atoms with van der Waals surface area (Å²) in [6, 6.07) is 0. The van der Waals surface area contributed by atoms with E-state index in [4.69, 9.17) is 0 Å². The van der Waals surface area contributed by atoms with Gasteiger partial charge in [0.05, 0.1) is 0 Å². The van der Waals surface area contributed by atoms with Crippen molar-refractivity contribution in [1.82, 2.24) is 0 Å². The van der Waals surface area contributed by atoms with Crippen LogP contribution >= 0.6 is 0 Å². The van der Waals surface area contributed by atoms with Gasteiger partial charge in [0.1, 0.15) is 0 Å². The second-order valence-corrected chi connectivity index (χ2v) is 8.32. The lowest BCUT2D eigenvalue weighted by Gasteiger charge is -2.20. The molecule has 0 saturated carbocycles. The van der Waals surface area contributed by atoms with Crippen LogP contribution in [0.4, 0.5) is 0 Å². The van der Waals surface area contributed by atoms with Crippen molar-refractivity contribution in [3.63, 3.8) is 0 Å². The first kappa shape index (κ1) is 22.2. The van der Waals surface area contributed by atoms with Crippen LogP contribution in [0.5, 0.6) is 0 Å². The predicted octanol–water partition coefficient (Wildman–Crippen LogP) is 6.79. The number of hydrogen-bond donors (Lipinski definition) is 0. The van der Waals surface area contributed by atoms with E-state index in [0.29, 0.717) is 10.8 Å². The van der Waals surface area contributed by atoms with Gasteiger partial charge in [-0.2, -0.15) is 0 Å². The van der Waals surface area contributed by atoms with Crippen molar-refractivity contribution in [3.05, 3.63) is 0 Å². The average Bonchev–Trinajstić information content (AvgIpc) is 1.72. The Kier molecular flexibility index (Phi) is 11.8. The molecule has 0 aliphatic carbocycles. The summed E-state index contributed by atoms with van der Waals surface area (Å²) >= 11 is 0. The number of rotatable bonds is 2. The molecule has 0 spiro atoms. The van der Waals surface area contributed by atoms with Crippen LogP contribution in [-0.2, 0) is 0 Å². The van der Waals surface area contributed by atoms with E-state index in [9.17, 15) is 0 Å². The second kappa shape index (κ2) is 9.00.